The van der Waals surface area contributed by atoms with Crippen LogP contribution in [-0.4, -0.2) is 80.0 Å². The Bertz CT molecular complexity index is 753. The van der Waals surface area contributed by atoms with E-state index in [0.29, 0.717) is 37.8 Å². The van der Waals surface area contributed by atoms with Gasteiger partial charge >= 0.3 is 5.97 Å². The number of hydrogen-bond donors (Lipinski definition) is 2. The number of nitrogens with one attached hydrogen (secondary N) is 2. The smallest absolute Gasteiger partial charge is 0.330 e. The Morgan fingerprint density at radius 2 is 1.58 bits per heavy atom. The number of esters is 1. The van der Waals surface area contributed by atoms with Gasteiger partial charge in [-0.3, -0.25) is 19.4 Å². The first-order valence-electron chi connectivity index (χ1n) is 10.8. The molecule has 170 valence electrons. The number of ether oxygens (including phenoxy) is 1. The van der Waals surface area contributed by atoms with Gasteiger partial charge in [-0.2, -0.15) is 0 Å². The molecule has 8 heteroatoms. The molecule has 0 bridgehead atoms. The molecule has 0 radical (unpaired) electrons. The second kappa shape index (κ2) is 12.9. The Kier molecular flexibility index (Phi) is 10.2. The molecule has 1 heterocycles. The summed E-state index contributed by atoms with van der Waals surface area (Å²) < 4.78 is 4.85. The lowest BCUT2D eigenvalue weighted by Gasteiger charge is -2.33. The zero-order valence-electron chi connectivity index (χ0n) is 18.7. The van der Waals surface area contributed by atoms with Crippen molar-refractivity contribution in [2.24, 2.45) is 5.92 Å². The van der Waals surface area contributed by atoms with Crippen LogP contribution in [0.4, 0.5) is 5.69 Å². The average molecular weight is 431 g/mol. The van der Waals surface area contributed by atoms with E-state index in [1.807, 2.05) is 12.1 Å². The van der Waals surface area contributed by atoms with E-state index in [0.717, 1.165) is 31.7 Å². The highest BCUT2D eigenvalue weighted by Crippen LogP contribution is 2.11. The molecule has 0 aromatic heterocycles. The SMILES string of the molecule is CCOC(=O)/C=C/c1ccc(NC(=O)CN2CCN(CC(=O)NCC(C)C)CC2)cc1. The van der Waals surface area contributed by atoms with Gasteiger partial charge in [-0.05, 0) is 36.6 Å². The van der Waals surface area contributed by atoms with Crippen molar-refractivity contribution in [3.63, 3.8) is 0 Å². The summed E-state index contributed by atoms with van der Waals surface area (Å²) in [4.78, 5) is 39.9. The molecule has 1 aliphatic rings. The van der Waals surface area contributed by atoms with E-state index >= 15 is 0 Å². The maximum atomic E-state index is 12.4. The predicted octanol–water partition coefficient (Wildman–Crippen LogP) is 1.59. The Labute approximate surface area is 184 Å². The van der Waals surface area contributed by atoms with E-state index in [2.05, 4.69) is 34.3 Å². The molecule has 0 unspecified atom stereocenters. The molecule has 8 nitrogen and oxygen atoms in total. The van der Waals surface area contributed by atoms with E-state index in [1.54, 1.807) is 25.1 Å². The van der Waals surface area contributed by atoms with Gasteiger partial charge in [-0.15, -0.1) is 0 Å². The van der Waals surface area contributed by atoms with E-state index < -0.39 is 0 Å². The van der Waals surface area contributed by atoms with Crippen molar-refractivity contribution >= 4 is 29.5 Å². The second-order valence-corrected chi connectivity index (χ2v) is 8.01. The summed E-state index contributed by atoms with van der Waals surface area (Å²) in [5.41, 5.74) is 1.55. The molecule has 2 rings (SSSR count). The molecule has 1 fully saturated rings. The minimum atomic E-state index is -0.379. The molecular formula is C23H34N4O4. The maximum Gasteiger partial charge on any atom is 0.330 e. The third-order valence-corrected chi connectivity index (χ3v) is 4.80. The highest BCUT2D eigenvalue weighted by molar-refractivity contribution is 5.92. The Balaban J connectivity index is 1.70. The van der Waals surface area contributed by atoms with Crippen molar-refractivity contribution in [1.82, 2.24) is 15.1 Å². The van der Waals surface area contributed by atoms with E-state index in [-0.39, 0.29) is 17.8 Å². The lowest BCUT2D eigenvalue weighted by molar-refractivity contribution is -0.137. The normalized spacial score (nSPS) is 15.2. The number of hydrogen-bond acceptors (Lipinski definition) is 6. The summed E-state index contributed by atoms with van der Waals surface area (Å²) in [6, 6.07) is 7.26. The fourth-order valence-electron chi connectivity index (χ4n) is 3.12. The second-order valence-electron chi connectivity index (χ2n) is 8.01. The van der Waals surface area contributed by atoms with Crippen LogP contribution in [0.3, 0.4) is 0 Å². The molecule has 0 spiro atoms. The molecule has 0 aliphatic carbocycles. The van der Waals surface area contributed by atoms with Gasteiger partial charge in [0.2, 0.25) is 11.8 Å². The summed E-state index contributed by atoms with van der Waals surface area (Å²) in [5, 5.41) is 5.84. The number of anilines is 1. The molecule has 31 heavy (non-hydrogen) atoms. The summed E-state index contributed by atoms with van der Waals surface area (Å²) >= 11 is 0. The number of carbonyl (C=O) groups is 3. The van der Waals surface area contributed by atoms with Crippen molar-refractivity contribution in [1.29, 1.82) is 0 Å². The first-order chi connectivity index (χ1) is 14.9. The van der Waals surface area contributed by atoms with Crippen molar-refractivity contribution < 1.29 is 19.1 Å². The zero-order valence-corrected chi connectivity index (χ0v) is 18.7. The van der Waals surface area contributed by atoms with E-state index in [1.165, 1.54) is 6.08 Å². The van der Waals surface area contributed by atoms with Crippen molar-refractivity contribution in [2.45, 2.75) is 20.8 Å². The molecule has 1 aromatic carbocycles. The van der Waals surface area contributed by atoms with Gasteiger partial charge in [-0.1, -0.05) is 26.0 Å². The van der Waals surface area contributed by atoms with Crippen LogP contribution >= 0.6 is 0 Å². The van der Waals surface area contributed by atoms with Gasteiger partial charge in [0.05, 0.1) is 19.7 Å². The molecule has 2 N–H and O–H groups in total. The van der Waals surface area contributed by atoms with Gasteiger partial charge < -0.3 is 15.4 Å². The van der Waals surface area contributed by atoms with Gasteiger partial charge in [0.15, 0.2) is 0 Å². The number of piperazine rings is 1. The van der Waals surface area contributed by atoms with Crippen LogP contribution in [0, 0.1) is 5.92 Å². The first kappa shape index (κ1) is 24.6. The van der Waals surface area contributed by atoms with Crippen LogP contribution in [0.2, 0.25) is 0 Å². The fraction of sp³-hybridized carbons (Fsp3) is 0.522. The number of benzene rings is 1. The van der Waals surface area contributed by atoms with Crippen LogP contribution in [-0.2, 0) is 19.1 Å². The molecular weight excluding hydrogens is 396 g/mol. The third-order valence-electron chi connectivity index (χ3n) is 4.80. The van der Waals surface area contributed by atoms with Crippen molar-refractivity contribution in [3.05, 3.63) is 35.9 Å². The van der Waals surface area contributed by atoms with Crippen LogP contribution in [0.15, 0.2) is 30.3 Å². The Morgan fingerprint density at radius 1 is 1.00 bits per heavy atom. The molecule has 0 atom stereocenters. The van der Waals surface area contributed by atoms with E-state index in [4.69, 9.17) is 4.74 Å². The average Bonchev–Trinajstić information content (AvgIpc) is 2.73. The van der Waals surface area contributed by atoms with Crippen LogP contribution in [0.5, 0.6) is 0 Å². The number of nitrogens with zero attached hydrogens (tertiary/aromatic N) is 2. The third kappa shape index (κ3) is 9.76. The summed E-state index contributed by atoms with van der Waals surface area (Å²) in [7, 11) is 0. The summed E-state index contributed by atoms with van der Waals surface area (Å²) in [6.07, 6.45) is 3.05. The lowest BCUT2D eigenvalue weighted by atomic mass is 10.2. The predicted molar refractivity (Wildman–Crippen MR) is 121 cm³/mol. The molecule has 0 saturated carbocycles. The number of carbonyl (C=O) groups excluding carboxylic acids is 3. The van der Waals surface area contributed by atoms with Crippen LogP contribution in [0.25, 0.3) is 6.08 Å². The van der Waals surface area contributed by atoms with Crippen molar-refractivity contribution in [2.75, 3.05) is 57.7 Å². The molecule has 1 aromatic rings. The number of rotatable bonds is 10. The number of amides is 2. The van der Waals surface area contributed by atoms with Crippen LogP contribution in [0.1, 0.15) is 26.3 Å². The maximum absolute atomic E-state index is 12.4. The minimum Gasteiger partial charge on any atom is -0.463 e. The van der Waals surface area contributed by atoms with Gasteiger partial charge in [0.1, 0.15) is 0 Å². The van der Waals surface area contributed by atoms with Gasteiger partial charge in [-0.25, -0.2) is 4.79 Å². The van der Waals surface area contributed by atoms with Crippen molar-refractivity contribution in [3.8, 4) is 0 Å². The Hall–Kier alpha value is -2.71. The summed E-state index contributed by atoms with van der Waals surface area (Å²) in [6.45, 7) is 10.7. The minimum absolute atomic E-state index is 0.0560. The van der Waals surface area contributed by atoms with Crippen LogP contribution < -0.4 is 10.6 Å². The fourth-order valence-corrected chi connectivity index (χ4v) is 3.12. The molecule has 1 aliphatic heterocycles. The largest absolute Gasteiger partial charge is 0.463 e. The quantitative estimate of drug-likeness (QED) is 0.433. The zero-order chi connectivity index (χ0) is 22.6. The first-order valence-corrected chi connectivity index (χ1v) is 10.8. The van der Waals surface area contributed by atoms with Gasteiger partial charge in [0.25, 0.3) is 0 Å². The monoisotopic (exact) mass is 430 g/mol. The highest BCUT2D eigenvalue weighted by atomic mass is 16.5. The van der Waals surface area contributed by atoms with Gasteiger partial charge in [0, 0.05) is 44.5 Å². The topological polar surface area (TPSA) is 91.0 Å². The molecule has 2 amide bonds. The summed E-state index contributed by atoms with van der Waals surface area (Å²) in [5.74, 6) is 0.0473. The molecule has 1 saturated heterocycles. The lowest BCUT2D eigenvalue weighted by Crippen LogP contribution is -2.51. The standard InChI is InChI=1S/C23H34N4O4/c1-4-31-23(30)10-7-19-5-8-20(9-6-19)25-22(29)17-27-13-11-26(12-14-27)16-21(28)24-15-18(2)3/h5-10,18H,4,11-17H2,1-3H3,(H,24,28)(H,25,29)/b10-7+. The highest BCUT2D eigenvalue weighted by Gasteiger charge is 2.20. The van der Waals surface area contributed by atoms with E-state index in [9.17, 15) is 14.4 Å². The Morgan fingerprint density at radius 3 is 2.13 bits per heavy atom.